The number of hydrogen-bond donors (Lipinski definition) is 1. The van der Waals surface area contributed by atoms with Crippen molar-refractivity contribution >= 4 is 17.5 Å². The Morgan fingerprint density at radius 1 is 1.15 bits per heavy atom. The molecule has 2 aromatic carbocycles. The fourth-order valence-electron chi connectivity index (χ4n) is 2.90. The second kappa shape index (κ2) is 7.69. The van der Waals surface area contributed by atoms with Gasteiger partial charge in [0.15, 0.2) is 17.5 Å². The van der Waals surface area contributed by atoms with Crippen LogP contribution in [0.2, 0.25) is 0 Å². The van der Waals surface area contributed by atoms with Crippen molar-refractivity contribution in [3.63, 3.8) is 0 Å². The number of nitrogens with zero attached hydrogens (tertiary/aromatic N) is 1. The molecule has 1 atom stereocenters. The lowest BCUT2D eigenvalue weighted by Crippen LogP contribution is -2.30. The minimum Gasteiger partial charge on any atom is -0.489 e. The first-order chi connectivity index (χ1) is 12.9. The van der Waals surface area contributed by atoms with Crippen LogP contribution in [-0.2, 0) is 16.2 Å². The number of nitrogens with one attached hydrogen (secondary N) is 1. The third-order valence-electron chi connectivity index (χ3n) is 4.40. The standard InChI is InChI=1S/C19H17F3N2O3/c1-23-19(26)12-8-16(25)24(9-12)13-3-5-14(6-4-13)27-10-11-2-7-15(20)18(22)17(11)21/h2-7,12H,8-10H2,1H3,(H,23,26). The molecule has 0 aromatic heterocycles. The first-order valence-corrected chi connectivity index (χ1v) is 8.28. The molecular formula is C19H17F3N2O3. The Hall–Kier alpha value is -3.03. The summed E-state index contributed by atoms with van der Waals surface area (Å²) in [7, 11) is 1.53. The fraction of sp³-hybridized carbons (Fsp3) is 0.263. The van der Waals surface area contributed by atoms with Gasteiger partial charge in [-0.3, -0.25) is 9.59 Å². The molecule has 1 aliphatic rings. The Kier molecular flexibility index (Phi) is 5.34. The first-order valence-electron chi connectivity index (χ1n) is 8.28. The Bertz CT molecular complexity index is 871. The van der Waals surface area contributed by atoms with Crippen molar-refractivity contribution in [2.24, 2.45) is 5.92 Å². The molecule has 0 saturated carbocycles. The SMILES string of the molecule is CNC(=O)C1CC(=O)N(c2ccc(OCc3ccc(F)c(F)c3F)cc2)C1. The van der Waals surface area contributed by atoms with Gasteiger partial charge in [-0.1, -0.05) is 0 Å². The van der Waals surface area contributed by atoms with Gasteiger partial charge >= 0.3 is 0 Å². The Labute approximate surface area is 153 Å². The van der Waals surface area contributed by atoms with Gasteiger partial charge in [0, 0.05) is 31.3 Å². The Balaban J connectivity index is 1.65. The molecule has 142 valence electrons. The largest absolute Gasteiger partial charge is 0.489 e. The first kappa shape index (κ1) is 18.8. The van der Waals surface area contributed by atoms with Gasteiger partial charge in [-0.05, 0) is 36.4 Å². The summed E-state index contributed by atoms with van der Waals surface area (Å²) in [4.78, 5) is 25.3. The summed E-state index contributed by atoms with van der Waals surface area (Å²) in [6, 6.07) is 8.38. The van der Waals surface area contributed by atoms with Crippen LogP contribution in [0.1, 0.15) is 12.0 Å². The molecule has 8 heteroatoms. The topological polar surface area (TPSA) is 58.6 Å². The van der Waals surface area contributed by atoms with E-state index >= 15 is 0 Å². The van der Waals surface area contributed by atoms with Crippen LogP contribution in [0.25, 0.3) is 0 Å². The minimum absolute atomic E-state index is 0.110. The second-order valence-electron chi connectivity index (χ2n) is 6.14. The van der Waals surface area contributed by atoms with E-state index in [0.29, 0.717) is 18.0 Å². The van der Waals surface area contributed by atoms with E-state index < -0.39 is 23.4 Å². The predicted molar refractivity (Wildman–Crippen MR) is 91.6 cm³/mol. The molecule has 1 heterocycles. The molecule has 0 bridgehead atoms. The van der Waals surface area contributed by atoms with Crippen LogP contribution in [0.15, 0.2) is 36.4 Å². The van der Waals surface area contributed by atoms with E-state index in [4.69, 9.17) is 4.74 Å². The van der Waals surface area contributed by atoms with Gasteiger partial charge in [-0.25, -0.2) is 13.2 Å². The van der Waals surface area contributed by atoms with Crippen LogP contribution in [0.4, 0.5) is 18.9 Å². The van der Waals surface area contributed by atoms with Gasteiger partial charge in [0.1, 0.15) is 12.4 Å². The molecule has 27 heavy (non-hydrogen) atoms. The molecule has 3 rings (SSSR count). The van der Waals surface area contributed by atoms with Gasteiger partial charge in [-0.15, -0.1) is 0 Å². The van der Waals surface area contributed by atoms with Crippen LogP contribution >= 0.6 is 0 Å². The van der Waals surface area contributed by atoms with E-state index in [9.17, 15) is 22.8 Å². The van der Waals surface area contributed by atoms with Crippen molar-refractivity contribution in [1.82, 2.24) is 5.32 Å². The normalized spacial score (nSPS) is 16.5. The molecule has 1 unspecified atom stereocenters. The number of rotatable bonds is 5. The van der Waals surface area contributed by atoms with E-state index in [-0.39, 0.29) is 30.4 Å². The van der Waals surface area contributed by atoms with Crippen molar-refractivity contribution in [3.8, 4) is 5.75 Å². The van der Waals surface area contributed by atoms with E-state index in [1.807, 2.05) is 0 Å². The van der Waals surface area contributed by atoms with Crippen LogP contribution in [-0.4, -0.2) is 25.4 Å². The third kappa shape index (κ3) is 3.89. The van der Waals surface area contributed by atoms with Gasteiger partial charge < -0.3 is 15.0 Å². The van der Waals surface area contributed by atoms with Crippen molar-refractivity contribution in [2.75, 3.05) is 18.5 Å². The summed E-state index contributed by atoms with van der Waals surface area (Å²) in [5.74, 6) is -4.43. The van der Waals surface area contributed by atoms with Crippen molar-refractivity contribution < 1.29 is 27.5 Å². The van der Waals surface area contributed by atoms with E-state index in [0.717, 1.165) is 12.1 Å². The quantitative estimate of drug-likeness (QED) is 0.814. The van der Waals surface area contributed by atoms with Crippen molar-refractivity contribution in [3.05, 3.63) is 59.4 Å². The number of carbonyl (C=O) groups excluding carboxylic acids is 2. The van der Waals surface area contributed by atoms with Crippen molar-refractivity contribution in [1.29, 1.82) is 0 Å². The average molecular weight is 378 g/mol. The molecule has 2 amide bonds. The fourth-order valence-corrected chi connectivity index (χ4v) is 2.90. The van der Waals surface area contributed by atoms with E-state index in [2.05, 4.69) is 5.32 Å². The Morgan fingerprint density at radius 2 is 1.85 bits per heavy atom. The highest BCUT2D eigenvalue weighted by molar-refractivity contribution is 6.00. The molecule has 1 fully saturated rings. The lowest BCUT2D eigenvalue weighted by atomic mass is 10.1. The summed E-state index contributed by atoms with van der Waals surface area (Å²) < 4.78 is 45.2. The molecule has 1 saturated heterocycles. The monoisotopic (exact) mass is 378 g/mol. The number of anilines is 1. The van der Waals surface area contributed by atoms with Crippen LogP contribution in [0.3, 0.4) is 0 Å². The molecule has 1 N–H and O–H groups in total. The number of hydrogen-bond acceptors (Lipinski definition) is 3. The van der Waals surface area contributed by atoms with Gasteiger partial charge in [-0.2, -0.15) is 0 Å². The summed E-state index contributed by atoms with van der Waals surface area (Å²) in [6.45, 7) is 0.0164. The van der Waals surface area contributed by atoms with Crippen LogP contribution < -0.4 is 15.0 Å². The lowest BCUT2D eigenvalue weighted by Gasteiger charge is -2.17. The summed E-state index contributed by atoms with van der Waals surface area (Å²) in [6.07, 6.45) is 0.146. The number of halogens is 3. The maximum Gasteiger partial charge on any atom is 0.227 e. The Morgan fingerprint density at radius 3 is 2.52 bits per heavy atom. The second-order valence-corrected chi connectivity index (χ2v) is 6.14. The summed E-state index contributed by atoms with van der Waals surface area (Å²) in [5, 5.41) is 2.53. The van der Waals surface area contributed by atoms with Crippen molar-refractivity contribution in [2.45, 2.75) is 13.0 Å². The average Bonchev–Trinajstić information content (AvgIpc) is 3.07. The van der Waals surface area contributed by atoms with Gasteiger partial charge in [0.25, 0.3) is 0 Å². The predicted octanol–water partition coefficient (Wildman–Crippen LogP) is 2.78. The number of benzene rings is 2. The number of ether oxygens (including phenoxy) is 1. The molecule has 0 radical (unpaired) electrons. The van der Waals surface area contributed by atoms with Gasteiger partial charge in [0.05, 0.1) is 5.92 Å². The molecule has 0 spiro atoms. The highest BCUT2D eigenvalue weighted by Gasteiger charge is 2.34. The van der Waals surface area contributed by atoms with Crippen LogP contribution in [0, 0.1) is 23.4 Å². The molecule has 2 aromatic rings. The molecule has 5 nitrogen and oxygen atoms in total. The number of carbonyl (C=O) groups is 2. The van der Waals surface area contributed by atoms with E-state index in [1.165, 1.54) is 11.9 Å². The molecular weight excluding hydrogens is 361 g/mol. The van der Waals surface area contributed by atoms with Gasteiger partial charge in [0.2, 0.25) is 11.8 Å². The highest BCUT2D eigenvalue weighted by Crippen LogP contribution is 2.27. The maximum atomic E-state index is 13.6. The van der Waals surface area contributed by atoms with E-state index in [1.54, 1.807) is 24.3 Å². The smallest absolute Gasteiger partial charge is 0.227 e. The lowest BCUT2D eigenvalue weighted by molar-refractivity contribution is -0.125. The van der Waals surface area contributed by atoms with Crippen LogP contribution in [0.5, 0.6) is 5.75 Å². The maximum absolute atomic E-state index is 13.6. The zero-order valence-corrected chi connectivity index (χ0v) is 14.5. The summed E-state index contributed by atoms with van der Waals surface area (Å²) in [5.41, 5.74) is 0.499. The zero-order valence-electron chi connectivity index (χ0n) is 14.5. The molecule has 1 aliphatic heterocycles. The molecule has 0 aliphatic carbocycles. The zero-order chi connectivity index (χ0) is 19.6. The minimum atomic E-state index is -1.54. The third-order valence-corrected chi connectivity index (χ3v) is 4.40. The summed E-state index contributed by atoms with van der Waals surface area (Å²) >= 11 is 0. The highest BCUT2D eigenvalue weighted by atomic mass is 19.2. The number of amides is 2.